The molecule has 2 aromatic heterocycles. The molecule has 2 atom stereocenters. The predicted octanol–water partition coefficient (Wildman–Crippen LogP) is 1.81. The summed E-state index contributed by atoms with van der Waals surface area (Å²) in [4.78, 5) is 4.43. The maximum Gasteiger partial charge on any atom is 0.222 e. The molecule has 0 bridgehead atoms. The second-order valence-corrected chi connectivity index (χ2v) is 4.54. The van der Waals surface area contributed by atoms with Gasteiger partial charge in [0.2, 0.25) is 5.95 Å². The number of fused-ring (bicyclic) bond motifs is 1. The lowest BCUT2D eigenvalue weighted by atomic mass is 10.0. The summed E-state index contributed by atoms with van der Waals surface area (Å²) in [5.41, 5.74) is 0. The molecule has 96 valence electrons. The van der Waals surface area contributed by atoms with E-state index in [1.54, 1.807) is 13.4 Å². The lowest BCUT2D eigenvalue weighted by Gasteiger charge is -2.27. The van der Waals surface area contributed by atoms with E-state index >= 15 is 0 Å². The van der Waals surface area contributed by atoms with Gasteiger partial charge in [0.25, 0.3) is 0 Å². The summed E-state index contributed by atoms with van der Waals surface area (Å²) in [6.45, 7) is 2.55. The number of methoxy groups -OCH3 is 1. The van der Waals surface area contributed by atoms with E-state index in [1.807, 2.05) is 16.8 Å². The maximum absolute atomic E-state index is 5.50. The van der Waals surface area contributed by atoms with Crippen molar-refractivity contribution in [1.82, 2.24) is 14.8 Å². The van der Waals surface area contributed by atoms with Gasteiger partial charge in [0.05, 0.1) is 6.26 Å². The number of hydrogen-bond acceptors (Lipinski definition) is 5. The third-order valence-corrected chi connectivity index (χ3v) is 3.07. The van der Waals surface area contributed by atoms with Crippen molar-refractivity contribution in [3.05, 3.63) is 30.0 Å². The van der Waals surface area contributed by atoms with Crippen LogP contribution in [-0.2, 0) is 11.3 Å². The smallest absolute Gasteiger partial charge is 0.222 e. The van der Waals surface area contributed by atoms with Crippen LogP contribution in [0.25, 0.3) is 0 Å². The normalized spacial score (nSPS) is 22.6. The zero-order valence-electron chi connectivity index (χ0n) is 10.5. The van der Waals surface area contributed by atoms with Gasteiger partial charge in [-0.2, -0.15) is 10.1 Å². The quantitative estimate of drug-likeness (QED) is 0.897. The molecular formula is C12H16N4O2. The van der Waals surface area contributed by atoms with Crippen LogP contribution < -0.4 is 5.32 Å². The molecule has 0 radical (unpaired) electrons. The molecule has 0 amide bonds. The molecule has 18 heavy (non-hydrogen) atoms. The summed E-state index contributed by atoms with van der Waals surface area (Å²) in [6, 6.07) is 4.32. The average Bonchev–Trinajstić information content (AvgIpc) is 2.96. The third-order valence-electron chi connectivity index (χ3n) is 3.07. The van der Waals surface area contributed by atoms with Crippen molar-refractivity contribution in [3.8, 4) is 0 Å². The Morgan fingerprint density at radius 2 is 2.50 bits per heavy atom. The van der Waals surface area contributed by atoms with E-state index < -0.39 is 0 Å². The van der Waals surface area contributed by atoms with Gasteiger partial charge in [0.1, 0.15) is 18.4 Å². The van der Waals surface area contributed by atoms with Gasteiger partial charge in [-0.3, -0.25) is 0 Å². The first-order valence-corrected chi connectivity index (χ1v) is 6.02. The molecule has 0 unspecified atom stereocenters. The number of furan rings is 1. The van der Waals surface area contributed by atoms with E-state index in [1.165, 1.54) is 0 Å². The van der Waals surface area contributed by atoms with E-state index in [0.717, 1.165) is 18.1 Å². The summed E-state index contributed by atoms with van der Waals surface area (Å²) >= 11 is 0. The van der Waals surface area contributed by atoms with Crippen LogP contribution in [0.1, 0.15) is 31.0 Å². The highest BCUT2D eigenvalue weighted by molar-refractivity contribution is 5.32. The summed E-state index contributed by atoms with van der Waals surface area (Å²) < 4.78 is 12.5. The molecule has 1 aliphatic rings. The van der Waals surface area contributed by atoms with Crippen molar-refractivity contribution < 1.29 is 9.15 Å². The second kappa shape index (κ2) is 4.45. The first kappa shape index (κ1) is 11.3. The molecule has 6 heteroatoms. The highest BCUT2D eigenvalue weighted by Gasteiger charge is 2.29. The Bertz CT molecular complexity index is 520. The predicted molar refractivity (Wildman–Crippen MR) is 65.3 cm³/mol. The summed E-state index contributed by atoms with van der Waals surface area (Å²) in [5.74, 6) is 2.38. The molecule has 0 aliphatic carbocycles. The molecule has 1 aliphatic heterocycles. The number of nitrogens with zero attached hydrogens (tertiary/aromatic N) is 3. The Balaban J connectivity index is 1.98. The Hall–Kier alpha value is -1.82. The molecule has 1 N–H and O–H groups in total. The highest BCUT2D eigenvalue weighted by atomic mass is 16.5. The van der Waals surface area contributed by atoms with Gasteiger partial charge in [-0.1, -0.05) is 0 Å². The van der Waals surface area contributed by atoms with Crippen LogP contribution in [0.2, 0.25) is 0 Å². The van der Waals surface area contributed by atoms with Crippen molar-refractivity contribution >= 4 is 5.95 Å². The zero-order valence-corrected chi connectivity index (χ0v) is 10.5. The SMILES string of the molecule is COCc1nc2n(n1)[C@H](c1ccco1)C[C@H](C)N2. The largest absolute Gasteiger partial charge is 0.467 e. The van der Waals surface area contributed by atoms with Gasteiger partial charge in [-0.15, -0.1) is 0 Å². The minimum atomic E-state index is 0.101. The van der Waals surface area contributed by atoms with Gasteiger partial charge >= 0.3 is 0 Å². The zero-order chi connectivity index (χ0) is 12.5. The Morgan fingerprint density at radius 1 is 1.61 bits per heavy atom. The average molecular weight is 248 g/mol. The van der Waals surface area contributed by atoms with E-state index in [0.29, 0.717) is 18.5 Å². The van der Waals surface area contributed by atoms with Gasteiger partial charge in [0, 0.05) is 13.2 Å². The van der Waals surface area contributed by atoms with Crippen LogP contribution in [0.3, 0.4) is 0 Å². The number of anilines is 1. The molecule has 0 spiro atoms. The molecule has 3 rings (SSSR count). The fraction of sp³-hybridized carbons (Fsp3) is 0.500. The summed E-state index contributed by atoms with van der Waals surface area (Å²) in [7, 11) is 1.64. The summed E-state index contributed by atoms with van der Waals surface area (Å²) in [6.07, 6.45) is 2.62. The maximum atomic E-state index is 5.50. The standard InChI is InChI=1S/C12H16N4O2/c1-8-6-9(10-4-3-5-18-10)16-12(13-8)14-11(15-16)7-17-2/h3-5,8-9H,6-7H2,1-2H3,(H,13,14,15)/t8-,9-/m0/s1. The van der Waals surface area contributed by atoms with E-state index in [9.17, 15) is 0 Å². The van der Waals surface area contributed by atoms with Crippen molar-refractivity contribution in [2.24, 2.45) is 0 Å². The molecule has 2 aromatic rings. The number of nitrogens with one attached hydrogen (secondary N) is 1. The number of aromatic nitrogens is 3. The van der Waals surface area contributed by atoms with Crippen LogP contribution in [-0.4, -0.2) is 27.9 Å². The molecule has 6 nitrogen and oxygen atoms in total. The lowest BCUT2D eigenvalue weighted by Crippen LogP contribution is -2.30. The fourth-order valence-corrected chi connectivity index (χ4v) is 2.31. The molecule has 0 saturated carbocycles. The number of ether oxygens (including phenoxy) is 1. The monoisotopic (exact) mass is 248 g/mol. The first-order chi connectivity index (χ1) is 8.78. The van der Waals surface area contributed by atoms with Crippen LogP contribution in [0.4, 0.5) is 5.95 Å². The second-order valence-electron chi connectivity index (χ2n) is 4.54. The van der Waals surface area contributed by atoms with Gasteiger partial charge in [-0.25, -0.2) is 4.68 Å². The van der Waals surface area contributed by atoms with Crippen LogP contribution in [0, 0.1) is 0 Å². The van der Waals surface area contributed by atoms with Gasteiger partial charge < -0.3 is 14.5 Å². The van der Waals surface area contributed by atoms with E-state index in [-0.39, 0.29) is 6.04 Å². The third kappa shape index (κ3) is 1.88. The van der Waals surface area contributed by atoms with E-state index in [2.05, 4.69) is 22.3 Å². The Morgan fingerprint density at radius 3 is 3.22 bits per heavy atom. The topological polar surface area (TPSA) is 65.1 Å². The van der Waals surface area contributed by atoms with Crippen molar-refractivity contribution in [1.29, 1.82) is 0 Å². The van der Waals surface area contributed by atoms with Crippen LogP contribution in [0.5, 0.6) is 0 Å². The molecule has 3 heterocycles. The van der Waals surface area contributed by atoms with Crippen LogP contribution in [0.15, 0.2) is 22.8 Å². The highest BCUT2D eigenvalue weighted by Crippen LogP contribution is 2.31. The van der Waals surface area contributed by atoms with Crippen molar-refractivity contribution in [3.63, 3.8) is 0 Å². The minimum Gasteiger partial charge on any atom is -0.467 e. The number of hydrogen-bond donors (Lipinski definition) is 1. The van der Waals surface area contributed by atoms with Crippen LogP contribution >= 0.6 is 0 Å². The first-order valence-electron chi connectivity index (χ1n) is 6.02. The van der Waals surface area contributed by atoms with Crippen molar-refractivity contribution in [2.75, 3.05) is 12.4 Å². The Labute approximate surface area is 105 Å². The molecular weight excluding hydrogens is 232 g/mol. The van der Waals surface area contributed by atoms with Gasteiger partial charge in [0.15, 0.2) is 5.82 Å². The number of rotatable bonds is 3. The fourth-order valence-electron chi connectivity index (χ4n) is 2.31. The molecule has 0 aromatic carbocycles. The van der Waals surface area contributed by atoms with Crippen molar-refractivity contribution in [2.45, 2.75) is 32.0 Å². The Kier molecular flexibility index (Phi) is 2.79. The van der Waals surface area contributed by atoms with E-state index in [4.69, 9.17) is 9.15 Å². The molecule has 0 fully saturated rings. The summed E-state index contributed by atoms with van der Waals surface area (Å²) in [5, 5.41) is 7.79. The minimum absolute atomic E-state index is 0.101. The lowest BCUT2D eigenvalue weighted by molar-refractivity contribution is 0.177. The van der Waals surface area contributed by atoms with Gasteiger partial charge in [-0.05, 0) is 25.5 Å². The molecule has 0 saturated heterocycles.